The number of sulfone groups is 1. The molecule has 1 heterocycles. The summed E-state index contributed by atoms with van der Waals surface area (Å²) in [6.07, 6.45) is 6.54. The fourth-order valence-electron chi connectivity index (χ4n) is 2.84. The second kappa shape index (κ2) is 7.30. The standard InChI is InChI=1S/C16H26N2O3S2/c1-4-10-23(20,21)16(2,3)14(19)18-15-17-13(11-22-15)12-8-6-5-7-9-12/h11-12H,4-10H2,1-3H3,(H,17,18,19). The summed E-state index contributed by atoms with van der Waals surface area (Å²) in [7, 11) is -3.48. The largest absolute Gasteiger partial charge is 0.301 e. The van der Waals surface area contributed by atoms with Crippen LogP contribution in [-0.4, -0.2) is 29.8 Å². The van der Waals surface area contributed by atoms with Crippen LogP contribution in [0, 0.1) is 0 Å². The van der Waals surface area contributed by atoms with E-state index in [0.29, 0.717) is 17.5 Å². The fraction of sp³-hybridized carbons (Fsp3) is 0.750. The topological polar surface area (TPSA) is 76.1 Å². The molecule has 7 heteroatoms. The predicted molar refractivity (Wildman–Crippen MR) is 94.7 cm³/mol. The van der Waals surface area contributed by atoms with Gasteiger partial charge in [0, 0.05) is 11.3 Å². The molecule has 0 unspecified atom stereocenters. The average molecular weight is 359 g/mol. The van der Waals surface area contributed by atoms with E-state index in [-0.39, 0.29) is 5.75 Å². The highest BCUT2D eigenvalue weighted by Crippen LogP contribution is 2.34. The van der Waals surface area contributed by atoms with E-state index < -0.39 is 20.5 Å². The Labute approximate surface area is 142 Å². The Hall–Kier alpha value is -0.950. The fourth-order valence-corrected chi connectivity index (χ4v) is 5.01. The second-order valence-electron chi connectivity index (χ2n) is 6.70. The normalized spacial score (nSPS) is 17.2. The maximum Gasteiger partial charge on any atom is 0.247 e. The molecule has 1 amide bonds. The Morgan fingerprint density at radius 1 is 1.35 bits per heavy atom. The molecule has 0 bridgehead atoms. The van der Waals surface area contributed by atoms with Gasteiger partial charge in [0.25, 0.3) is 0 Å². The summed E-state index contributed by atoms with van der Waals surface area (Å²) in [5, 5.41) is 5.18. The van der Waals surface area contributed by atoms with Crippen LogP contribution in [0.3, 0.4) is 0 Å². The number of nitrogens with one attached hydrogen (secondary N) is 1. The van der Waals surface area contributed by atoms with Crippen molar-refractivity contribution in [3.63, 3.8) is 0 Å². The van der Waals surface area contributed by atoms with Crippen LogP contribution in [0.1, 0.15) is 70.9 Å². The van der Waals surface area contributed by atoms with Crippen LogP contribution in [0.2, 0.25) is 0 Å². The van der Waals surface area contributed by atoms with Gasteiger partial charge in [0.2, 0.25) is 5.91 Å². The molecular weight excluding hydrogens is 332 g/mol. The maximum atomic E-state index is 12.4. The lowest BCUT2D eigenvalue weighted by Crippen LogP contribution is -2.45. The molecular formula is C16H26N2O3S2. The number of nitrogens with zero attached hydrogens (tertiary/aromatic N) is 1. The molecule has 1 aromatic rings. The lowest BCUT2D eigenvalue weighted by atomic mass is 9.87. The summed E-state index contributed by atoms with van der Waals surface area (Å²) in [6, 6.07) is 0. The van der Waals surface area contributed by atoms with Crippen LogP contribution in [0.15, 0.2) is 5.38 Å². The van der Waals surface area contributed by atoms with E-state index in [9.17, 15) is 13.2 Å². The smallest absolute Gasteiger partial charge is 0.247 e. The molecule has 1 aliphatic carbocycles. The van der Waals surface area contributed by atoms with E-state index in [4.69, 9.17) is 0 Å². The summed E-state index contributed by atoms with van der Waals surface area (Å²) in [5.74, 6) is -0.0171. The monoisotopic (exact) mass is 358 g/mol. The minimum Gasteiger partial charge on any atom is -0.301 e. The van der Waals surface area contributed by atoms with Crippen molar-refractivity contribution in [1.82, 2.24) is 4.98 Å². The van der Waals surface area contributed by atoms with Gasteiger partial charge in [-0.25, -0.2) is 13.4 Å². The molecule has 130 valence electrons. The molecule has 1 aromatic heterocycles. The van der Waals surface area contributed by atoms with Crippen molar-refractivity contribution in [2.45, 2.75) is 70.0 Å². The number of rotatable bonds is 6. The predicted octanol–water partition coefficient (Wildman–Crippen LogP) is 3.73. The van der Waals surface area contributed by atoms with E-state index in [1.165, 1.54) is 44.4 Å². The Bertz CT molecular complexity index is 644. The molecule has 0 radical (unpaired) electrons. The van der Waals surface area contributed by atoms with E-state index in [1.54, 1.807) is 6.92 Å². The van der Waals surface area contributed by atoms with Crippen LogP contribution < -0.4 is 5.32 Å². The molecule has 5 nitrogen and oxygen atoms in total. The van der Waals surface area contributed by atoms with Crippen molar-refractivity contribution in [2.75, 3.05) is 11.1 Å². The van der Waals surface area contributed by atoms with Crippen molar-refractivity contribution in [3.8, 4) is 0 Å². The Morgan fingerprint density at radius 2 is 2.00 bits per heavy atom. The molecule has 0 atom stereocenters. The van der Waals surface area contributed by atoms with Crippen LogP contribution in [0.4, 0.5) is 5.13 Å². The van der Waals surface area contributed by atoms with Crippen molar-refractivity contribution in [1.29, 1.82) is 0 Å². The third-order valence-electron chi connectivity index (χ3n) is 4.56. The SMILES string of the molecule is CCCS(=O)(=O)C(C)(C)C(=O)Nc1nc(C2CCCCC2)cs1. The number of carbonyl (C=O) groups is 1. The van der Waals surface area contributed by atoms with Gasteiger partial charge < -0.3 is 5.32 Å². The molecule has 1 N–H and O–H groups in total. The summed E-state index contributed by atoms with van der Waals surface area (Å²) in [5.41, 5.74) is 1.03. The molecule has 0 spiro atoms. The number of hydrogen-bond acceptors (Lipinski definition) is 5. The number of hydrogen-bond donors (Lipinski definition) is 1. The number of carbonyl (C=O) groups excluding carboxylic acids is 1. The number of aromatic nitrogens is 1. The zero-order chi connectivity index (χ0) is 17.1. The Morgan fingerprint density at radius 3 is 2.61 bits per heavy atom. The molecule has 0 aliphatic heterocycles. The summed E-state index contributed by atoms with van der Waals surface area (Å²) in [6.45, 7) is 4.72. The van der Waals surface area contributed by atoms with Crippen LogP contribution in [0.25, 0.3) is 0 Å². The van der Waals surface area contributed by atoms with Gasteiger partial charge in [0.15, 0.2) is 15.0 Å². The molecule has 0 aromatic carbocycles. The zero-order valence-electron chi connectivity index (χ0n) is 14.1. The minimum absolute atomic E-state index is 0.0125. The molecule has 1 saturated carbocycles. The summed E-state index contributed by atoms with van der Waals surface area (Å²) in [4.78, 5) is 16.9. The maximum absolute atomic E-state index is 12.4. The van der Waals surface area contributed by atoms with Gasteiger partial charge >= 0.3 is 0 Å². The summed E-state index contributed by atoms with van der Waals surface area (Å²) >= 11 is 1.37. The van der Waals surface area contributed by atoms with Crippen molar-refractivity contribution in [3.05, 3.63) is 11.1 Å². The van der Waals surface area contributed by atoms with E-state index in [1.807, 2.05) is 5.38 Å². The Balaban J connectivity index is 2.07. The van der Waals surface area contributed by atoms with Gasteiger partial charge in [-0.3, -0.25) is 4.79 Å². The van der Waals surface area contributed by atoms with Crippen LogP contribution >= 0.6 is 11.3 Å². The van der Waals surface area contributed by atoms with E-state index in [2.05, 4.69) is 10.3 Å². The molecule has 2 rings (SSSR count). The van der Waals surface area contributed by atoms with Gasteiger partial charge in [0.05, 0.1) is 11.4 Å². The first-order chi connectivity index (χ1) is 10.8. The average Bonchev–Trinajstić information content (AvgIpc) is 2.96. The quantitative estimate of drug-likeness (QED) is 0.840. The zero-order valence-corrected chi connectivity index (χ0v) is 15.7. The lowest BCUT2D eigenvalue weighted by Gasteiger charge is -2.23. The van der Waals surface area contributed by atoms with Gasteiger partial charge in [-0.2, -0.15) is 0 Å². The first-order valence-corrected chi connectivity index (χ1v) is 10.8. The summed E-state index contributed by atoms with van der Waals surface area (Å²) < 4.78 is 23.1. The third-order valence-corrected chi connectivity index (χ3v) is 8.03. The highest BCUT2D eigenvalue weighted by Gasteiger charge is 2.41. The minimum atomic E-state index is -3.48. The number of thiazole rings is 1. The molecule has 0 saturated heterocycles. The number of amides is 1. The number of anilines is 1. The Kier molecular flexibility index (Phi) is 5.84. The van der Waals surface area contributed by atoms with Crippen molar-refractivity contribution in [2.24, 2.45) is 0 Å². The van der Waals surface area contributed by atoms with Crippen molar-refractivity contribution < 1.29 is 13.2 Å². The van der Waals surface area contributed by atoms with Crippen LogP contribution in [-0.2, 0) is 14.6 Å². The highest BCUT2D eigenvalue weighted by molar-refractivity contribution is 7.93. The first-order valence-electron chi connectivity index (χ1n) is 8.27. The van der Waals surface area contributed by atoms with Gasteiger partial charge in [0.1, 0.15) is 4.75 Å². The highest BCUT2D eigenvalue weighted by atomic mass is 32.2. The molecule has 1 aliphatic rings. The van der Waals surface area contributed by atoms with Gasteiger partial charge in [-0.1, -0.05) is 26.2 Å². The molecule has 1 fully saturated rings. The molecule has 23 heavy (non-hydrogen) atoms. The van der Waals surface area contributed by atoms with Crippen molar-refractivity contribution >= 4 is 32.2 Å². The lowest BCUT2D eigenvalue weighted by molar-refractivity contribution is -0.117. The first kappa shape index (κ1) is 18.4. The third kappa shape index (κ3) is 4.12. The second-order valence-corrected chi connectivity index (χ2v) is 10.2. The van der Waals surface area contributed by atoms with E-state index in [0.717, 1.165) is 18.5 Å². The van der Waals surface area contributed by atoms with Crippen LogP contribution in [0.5, 0.6) is 0 Å². The van der Waals surface area contributed by atoms with Gasteiger partial charge in [-0.15, -0.1) is 11.3 Å². The van der Waals surface area contributed by atoms with Gasteiger partial charge in [-0.05, 0) is 33.1 Å². The van der Waals surface area contributed by atoms with E-state index >= 15 is 0 Å².